The topological polar surface area (TPSA) is 84.9 Å². The Bertz CT molecular complexity index is 717. The lowest BCUT2D eigenvalue weighted by molar-refractivity contribution is -0.139. The largest absolute Gasteiger partial charge is 0.482 e. The van der Waals surface area contributed by atoms with Crippen LogP contribution in [0.5, 0.6) is 5.75 Å². The third kappa shape index (κ3) is 6.94. The maximum atomic E-state index is 12.2. The fourth-order valence-corrected chi connectivity index (χ4v) is 2.25. The molecule has 0 bridgehead atoms. The fraction of sp³-hybridized carbons (Fsp3) is 0.300. The second-order valence-corrected chi connectivity index (χ2v) is 6.03. The molecule has 6 heteroatoms. The quantitative estimate of drug-likeness (QED) is 0.683. The number of nitrogens with one attached hydrogen (secondary N) is 1. The monoisotopic (exact) mass is 357 g/mol. The van der Waals surface area contributed by atoms with Crippen molar-refractivity contribution in [2.24, 2.45) is 5.92 Å². The Morgan fingerprint density at radius 2 is 1.88 bits per heavy atom. The van der Waals surface area contributed by atoms with Gasteiger partial charge in [-0.05, 0) is 29.7 Å². The number of carbonyl (C=O) groups is 2. The van der Waals surface area contributed by atoms with Gasteiger partial charge in [-0.1, -0.05) is 43.3 Å². The average molecular weight is 357 g/mol. The first-order valence-electron chi connectivity index (χ1n) is 8.39. The van der Waals surface area contributed by atoms with Crippen molar-refractivity contribution in [2.75, 3.05) is 19.8 Å². The zero-order valence-electron chi connectivity index (χ0n) is 14.7. The average Bonchev–Trinajstić information content (AvgIpc) is 2.65. The lowest BCUT2D eigenvalue weighted by Gasteiger charge is -2.13. The molecule has 2 rings (SSSR count). The minimum atomic E-state index is -1.07. The SMILES string of the molecule is CC(CNC(=O)c1cccc(OCC(=O)O)c1)COCc1ccccc1. The van der Waals surface area contributed by atoms with E-state index >= 15 is 0 Å². The molecule has 0 spiro atoms. The van der Waals surface area contributed by atoms with Crippen LogP contribution in [0.15, 0.2) is 54.6 Å². The van der Waals surface area contributed by atoms with Gasteiger partial charge in [-0.25, -0.2) is 4.79 Å². The van der Waals surface area contributed by atoms with Crippen LogP contribution in [0.1, 0.15) is 22.8 Å². The van der Waals surface area contributed by atoms with Gasteiger partial charge in [0.25, 0.3) is 5.91 Å². The molecule has 2 aromatic rings. The number of ether oxygens (including phenoxy) is 2. The van der Waals surface area contributed by atoms with Crippen LogP contribution in [0.3, 0.4) is 0 Å². The molecule has 1 amide bonds. The molecule has 0 fully saturated rings. The first-order valence-corrected chi connectivity index (χ1v) is 8.39. The molecule has 0 heterocycles. The van der Waals surface area contributed by atoms with Gasteiger partial charge in [0.15, 0.2) is 6.61 Å². The molecule has 0 saturated carbocycles. The molecule has 6 nitrogen and oxygen atoms in total. The van der Waals surface area contributed by atoms with Gasteiger partial charge >= 0.3 is 5.97 Å². The summed E-state index contributed by atoms with van der Waals surface area (Å²) in [6.07, 6.45) is 0. The summed E-state index contributed by atoms with van der Waals surface area (Å²) in [6, 6.07) is 16.3. The number of amides is 1. The zero-order valence-corrected chi connectivity index (χ0v) is 14.7. The van der Waals surface area contributed by atoms with E-state index in [1.807, 2.05) is 37.3 Å². The number of rotatable bonds is 10. The lowest BCUT2D eigenvalue weighted by Crippen LogP contribution is -2.30. The van der Waals surface area contributed by atoms with E-state index in [0.29, 0.717) is 31.1 Å². The molecule has 0 aromatic heterocycles. The highest BCUT2D eigenvalue weighted by molar-refractivity contribution is 5.94. The Labute approximate surface area is 152 Å². The Hall–Kier alpha value is -2.86. The molecule has 0 saturated heterocycles. The van der Waals surface area contributed by atoms with Gasteiger partial charge in [0.05, 0.1) is 13.2 Å². The summed E-state index contributed by atoms with van der Waals surface area (Å²) in [5.41, 5.74) is 1.53. The van der Waals surface area contributed by atoms with Crippen molar-refractivity contribution in [2.45, 2.75) is 13.5 Å². The van der Waals surface area contributed by atoms with E-state index < -0.39 is 12.6 Å². The smallest absolute Gasteiger partial charge is 0.341 e. The minimum absolute atomic E-state index is 0.161. The molecule has 1 unspecified atom stereocenters. The van der Waals surface area contributed by atoms with Gasteiger partial charge in [0, 0.05) is 12.1 Å². The maximum absolute atomic E-state index is 12.2. The molecular formula is C20H23NO5. The van der Waals surface area contributed by atoms with Crippen molar-refractivity contribution in [3.8, 4) is 5.75 Å². The number of carboxylic acid groups (broad SMARTS) is 1. The lowest BCUT2D eigenvalue weighted by atomic mass is 10.1. The summed E-state index contributed by atoms with van der Waals surface area (Å²) in [7, 11) is 0. The second kappa shape index (κ2) is 10.2. The number of benzene rings is 2. The predicted molar refractivity (Wildman–Crippen MR) is 97.2 cm³/mol. The van der Waals surface area contributed by atoms with E-state index in [-0.39, 0.29) is 11.8 Å². The van der Waals surface area contributed by atoms with Gasteiger partial charge in [0.1, 0.15) is 5.75 Å². The minimum Gasteiger partial charge on any atom is -0.482 e. The van der Waals surface area contributed by atoms with E-state index in [1.165, 1.54) is 6.07 Å². The number of hydrogen-bond donors (Lipinski definition) is 2. The van der Waals surface area contributed by atoms with Gasteiger partial charge in [0.2, 0.25) is 0 Å². The van der Waals surface area contributed by atoms with Gasteiger partial charge < -0.3 is 19.9 Å². The van der Waals surface area contributed by atoms with Crippen molar-refractivity contribution < 1.29 is 24.2 Å². The summed E-state index contributed by atoms with van der Waals surface area (Å²) in [6.45, 7) is 3.12. The zero-order chi connectivity index (χ0) is 18.8. The normalized spacial score (nSPS) is 11.6. The standard InChI is InChI=1S/C20H23NO5/c1-15(12-25-13-16-6-3-2-4-7-16)11-21-20(24)17-8-5-9-18(10-17)26-14-19(22)23/h2-10,15H,11-14H2,1H3,(H,21,24)(H,22,23). The molecule has 0 aliphatic rings. The number of carboxylic acids is 1. The highest BCUT2D eigenvalue weighted by atomic mass is 16.5. The number of aliphatic carboxylic acids is 1. The molecule has 26 heavy (non-hydrogen) atoms. The Morgan fingerprint density at radius 1 is 1.12 bits per heavy atom. The Balaban J connectivity index is 1.73. The molecule has 2 aromatic carbocycles. The van der Waals surface area contributed by atoms with Crippen LogP contribution in [0.2, 0.25) is 0 Å². The Kier molecular flexibility index (Phi) is 7.64. The van der Waals surface area contributed by atoms with Gasteiger partial charge in [-0.15, -0.1) is 0 Å². The third-order valence-electron chi connectivity index (χ3n) is 3.58. The first kappa shape index (κ1) is 19.5. The maximum Gasteiger partial charge on any atom is 0.341 e. The van der Waals surface area contributed by atoms with Crippen molar-refractivity contribution in [3.63, 3.8) is 0 Å². The van der Waals surface area contributed by atoms with Crippen LogP contribution in [0, 0.1) is 5.92 Å². The van der Waals surface area contributed by atoms with E-state index in [0.717, 1.165) is 5.56 Å². The summed E-state index contributed by atoms with van der Waals surface area (Å²) in [4.78, 5) is 22.7. The van der Waals surface area contributed by atoms with Crippen LogP contribution in [-0.2, 0) is 16.1 Å². The summed E-state index contributed by atoms with van der Waals surface area (Å²) in [5.74, 6) is -0.793. The van der Waals surface area contributed by atoms with Crippen LogP contribution in [0.25, 0.3) is 0 Å². The molecule has 0 aliphatic carbocycles. The molecule has 138 valence electrons. The molecular weight excluding hydrogens is 334 g/mol. The van der Waals surface area contributed by atoms with Gasteiger partial charge in [-0.3, -0.25) is 4.79 Å². The van der Waals surface area contributed by atoms with Crippen LogP contribution >= 0.6 is 0 Å². The second-order valence-electron chi connectivity index (χ2n) is 6.03. The van der Waals surface area contributed by atoms with E-state index in [2.05, 4.69) is 5.32 Å². The number of carbonyl (C=O) groups excluding carboxylic acids is 1. The molecule has 0 radical (unpaired) electrons. The molecule has 1 atom stereocenters. The van der Waals surface area contributed by atoms with E-state index in [9.17, 15) is 9.59 Å². The van der Waals surface area contributed by atoms with Crippen molar-refractivity contribution in [1.82, 2.24) is 5.32 Å². The third-order valence-corrected chi connectivity index (χ3v) is 3.58. The highest BCUT2D eigenvalue weighted by Crippen LogP contribution is 2.13. The summed E-state index contributed by atoms with van der Waals surface area (Å²) < 4.78 is 10.7. The van der Waals surface area contributed by atoms with Crippen LogP contribution < -0.4 is 10.1 Å². The van der Waals surface area contributed by atoms with Crippen molar-refractivity contribution in [1.29, 1.82) is 0 Å². The molecule has 2 N–H and O–H groups in total. The molecule has 0 aliphatic heterocycles. The van der Waals surface area contributed by atoms with Gasteiger partial charge in [-0.2, -0.15) is 0 Å². The van der Waals surface area contributed by atoms with Crippen LogP contribution in [-0.4, -0.2) is 36.7 Å². The van der Waals surface area contributed by atoms with E-state index in [4.69, 9.17) is 14.6 Å². The number of hydrogen-bond acceptors (Lipinski definition) is 4. The summed E-state index contributed by atoms with van der Waals surface area (Å²) >= 11 is 0. The predicted octanol–water partition coefficient (Wildman–Crippen LogP) is 2.73. The Morgan fingerprint density at radius 3 is 2.62 bits per heavy atom. The highest BCUT2D eigenvalue weighted by Gasteiger charge is 2.10. The fourth-order valence-electron chi connectivity index (χ4n) is 2.25. The van der Waals surface area contributed by atoms with Crippen LogP contribution in [0.4, 0.5) is 0 Å². The van der Waals surface area contributed by atoms with E-state index in [1.54, 1.807) is 18.2 Å². The van der Waals surface area contributed by atoms with Crippen molar-refractivity contribution >= 4 is 11.9 Å². The van der Waals surface area contributed by atoms with Crippen molar-refractivity contribution in [3.05, 3.63) is 65.7 Å². The summed E-state index contributed by atoms with van der Waals surface area (Å²) in [5, 5.41) is 11.5. The first-order chi connectivity index (χ1) is 12.5.